The minimum absolute atomic E-state index is 0.113. The quantitative estimate of drug-likeness (QED) is 0.481. The molecule has 9 heavy (non-hydrogen) atoms. The first-order valence-corrected chi connectivity index (χ1v) is 3.70. The van der Waals surface area contributed by atoms with Crippen molar-refractivity contribution in [3.63, 3.8) is 0 Å². The molecular formula is C7H8Cl2. The van der Waals surface area contributed by atoms with Gasteiger partial charge in [-0.2, -0.15) is 0 Å². The Labute approximate surface area is 65.2 Å². The second kappa shape index (κ2) is 2.76. The molecule has 1 aliphatic carbocycles. The standard InChI is InChI=1S/C7H8Cl2/c1-5-6(8)3-2-4-7(5)9/h2-3,7H,4H2,1H3. The van der Waals surface area contributed by atoms with Gasteiger partial charge in [0.1, 0.15) is 0 Å². The van der Waals surface area contributed by atoms with Crippen LogP contribution >= 0.6 is 23.2 Å². The molecule has 0 heterocycles. The van der Waals surface area contributed by atoms with E-state index in [0.717, 1.165) is 17.0 Å². The maximum Gasteiger partial charge on any atom is 0.0594 e. The Hall–Kier alpha value is 0.0600. The summed E-state index contributed by atoms with van der Waals surface area (Å²) < 4.78 is 0. The average molecular weight is 163 g/mol. The summed E-state index contributed by atoms with van der Waals surface area (Å²) in [7, 11) is 0. The van der Waals surface area contributed by atoms with Crippen LogP contribution in [0.25, 0.3) is 0 Å². The molecule has 0 radical (unpaired) electrons. The Morgan fingerprint density at radius 1 is 1.67 bits per heavy atom. The van der Waals surface area contributed by atoms with E-state index in [1.165, 1.54) is 0 Å². The Balaban J connectivity index is 2.83. The number of halogens is 2. The van der Waals surface area contributed by atoms with E-state index in [-0.39, 0.29) is 5.38 Å². The summed E-state index contributed by atoms with van der Waals surface area (Å²) in [6.45, 7) is 1.96. The highest BCUT2D eigenvalue weighted by molar-refractivity contribution is 6.33. The number of alkyl halides is 1. The Bertz CT molecular complexity index is 168. The van der Waals surface area contributed by atoms with Crippen LogP contribution in [-0.4, -0.2) is 5.38 Å². The summed E-state index contributed by atoms with van der Waals surface area (Å²) in [6.07, 6.45) is 4.80. The summed E-state index contributed by atoms with van der Waals surface area (Å²) in [5, 5.41) is 0.906. The maximum atomic E-state index is 5.87. The van der Waals surface area contributed by atoms with Crippen molar-refractivity contribution in [3.05, 3.63) is 22.8 Å². The molecule has 0 spiro atoms. The lowest BCUT2D eigenvalue weighted by atomic mass is 10.1. The fraction of sp³-hybridized carbons (Fsp3) is 0.429. The molecule has 0 bridgehead atoms. The van der Waals surface area contributed by atoms with Gasteiger partial charge in [0.2, 0.25) is 0 Å². The minimum atomic E-state index is 0.113. The SMILES string of the molecule is CC1=C(Cl)C=CCC1Cl. The Morgan fingerprint density at radius 2 is 2.33 bits per heavy atom. The van der Waals surface area contributed by atoms with Crippen LogP contribution in [0.2, 0.25) is 0 Å². The van der Waals surface area contributed by atoms with Crippen molar-refractivity contribution in [2.45, 2.75) is 18.7 Å². The van der Waals surface area contributed by atoms with Gasteiger partial charge in [0.05, 0.1) is 5.38 Å². The first-order chi connectivity index (χ1) is 4.22. The van der Waals surface area contributed by atoms with Crippen molar-refractivity contribution in [1.82, 2.24) is 0 Å². The number of hydrogen-bond donors (Lipinski definition) is 0. The zero-order valence-corrected chi connectivity index (χ0v) is 6.71. The highest BCUT2D eigenvalue weighted by Gasteiger charge is 2.10. The van der Waals surface area contributed by atoms with Gasteiger partial charge in [-0.05, 0) is 25.0 Å². The van der Waals surface area contributed by atoms with Gasteiger partial charge >= 0.3 is 0 Å². The third-order valence-electron chi connectivity index (χ3n) is 1.45. The third kappa shape index (κ3) is 1.50. The first-order valence-electron chi connectivity index (χ1n) is 2.88. The van der Waals surface area contributed by atoms with Crippen LogP contribution in [0.1, 0.15) is 13.3 Å². The predicted octanol–water partition coefficient (Wildman–Crippen LogP) is 3.07. The van der Waals surface area contributed by atoms with E-state index in [2.05, 4.69) is 0 Å². The lowest BCUT2D eigenvalue weighted by Gasteiger charge is -2.12. The van der Waals surface area contributed by atoms with Gasteiger partial charge < -0.3 is 0 Å². The summed E-state index contributed by atoms with van der Waals surface area (Å²) in [6, 6.07) is 0. The molecule has 1 unspecified atom stereocenters. The van der Waals surface area contributed by atoms with E-state index >= 15 is 0 Å². The van der Waals surface area contributed by atoms with Crippen LogP contribution in [-0.2, 0) is 0 Å². The molecule has 0 nitrogen and oxygen atoms in total. The van der Waals surface area contributed by atoms with Crippen LogP contribution in [0.5, 0.6) is 0 Å². The molecule has 0 saturated heterocycles. The van der Waals surface area contributed by atoms with Crippen molar-refractivity contribution in [3.8, 4) is 0 Å². The molecule has 50 valence electrons. The molecular weight excluding hydrogens is 155 g/mol. The predicted molar refractivity (Wildman–Crippen MR) is 42.0 cm³/mol. The molecule has 0 aromatic rings. The average Bonchev–Trinajstić information content (AvgIpc) is 1.83. The highest BCUT2D eigenvalue weighted by atomic mass is 35.5. The molecule has 0 saturated carbocycles. The van der Waals surface area contributed by atoms with Crippen molar-refractivity contribution in [1.29, 1.82) is 0 Å². The third-order valence-corrected chi connectivity index (χ3v) is 2.38. The van der Waals surface area contributed by atoms with E-state index < -0.39 is 0 Å². The summed E-state index contributed by atoms with van der Waals surface area (Å²) in [5.74, 6) is 0. The maximum absolute atomic E-state index is 5.87. The van der Waals surface area contributed by atoms with Gasteiger partial charge in [0.25, 0.3) is 0 Å². The molecule has 1 aliphatic rings. The number of allylic oxidation sites excluding steroid dienone is 4. The zero-order valence-electron chi connectivity index (χ0n) is 5.20. The van der Waals surface area contributed by atoms with Crippen LogP contribution < -0.4 is 0 Å². The molecule has 0 amide bonds. The first kappa shape index (κ1) is 7.17. The van der Waals surface area contributed by atoms with Gasteiger partial charge in [-0.3, -0.25) is 0 Å². The summed E-state index contributed by atoms with van der Waals surface area (Å²) >= 11 is 11.6. The van der Waals surface area contributed by atoms with Crippen molar-refractivity contribution in [2.24, 2.45) is 0 Å². The molecule has 1 atom stereocenters. The van der Waals surface area contributed by atoms with E-state index in [0.29, 0.717) is 0 Å². The normalized spacial score (nSPS) is 27.2. The van der Waals surface area contributed by atoms with E-state index in [1.807, 2.05) is 19.1 Å². The second-order valence-corrected chi connectivity index (χ2v) is 3.07. The summed E-state index contributed by atoms with van der Waals surface area (Å²) in [5.41, 5.74) is 1.08. The lowest BCUT2D eigenvalue weighted by Crippen LogP contribution is -2.02. The van der Waals surface area contributed by atoms with Crippen LogP contribution in [0, 0.1) is 0 Å². The fourth-order valence-corrected chi connectivity index (χ4v) is 1.25. The monoisotopic (exact) mass is 162 g/mol. The van der Waals surface area contributed by atoms with Crippen molar-refractivity contribution in [2.75, 3.05) is 0 Å². The number of hydrogen-bond acceptors (Lipinski definition) is 0. The fourth-order valence-electron chi connectivity index (χ4n) is 0.749. The Kier molecular flexibility index (Phi) is 2.20. The lowest BCUT2D eigenvalue weighted by molar-refractivity contribution is 0.965. The van der Waals surface area contributed by atoms with E-state index in [4.69, 9.17) is 23.2 Å². The van der Waals surface area contributed by atoms with Gasteiger partial charge in [0, 0.05) is 5.03 Å². The molecule has 0 N–H and O–H groups in total. The van der Waals surface area contributed by atoms with Crippen molar-refractivity contribution >= 4 is 23.2 Å². The molecule has 0 fully saturated rings. The van der Waals surface area contributed by atoms with E-state index in [1.54, 1.807) is 0 Å². The topological polar surface area (TPSA) is 0 Å². The van der Waals surface area contributed by atoms with E-state index in [9.17, 15) is 0 Å². The van der Waals surface area contributed by atoms with Crippen LogP contribution in [0.15, 0.2) is 22.8 Å². The van der Waals surface area contributed by atoms with Gasteiger partial charge in [-0.25, -0.2) is 0 Å². The largest absolute Gasteiger partial charge is 0.118 e. The van der Waals surface area contributed by atoms with Crippen molar-refractivity contribution < 1.29 is 0 Å². The minimum Gasteiger partial charge on any atom is -0.118 e. The van der Waals surface area contributed by atoms with Crippen LogP contribution in [0.4, 0.5) is 0 Å². The molecule has 0 aliphatic heterocycles. The smallest absolute Gasteiger partial charge is 0.0594 e. The van der Waals surface area contributed by atoms with Gasteiger partial charge in [-0.15, -0.1) is 11.6 Å². The molecule has 2 heteroatoms. The van der Waals surface area contributed by atoms with Gasteiger partial charge in [0.15, 0.2) is 0 Å². The Morgan fingerprint density at radius 3 is 2.78 bits per heavy atom. The molecule has 0 aromatic carbocycles. The molecule has 0 aromatic heterocycles. The number of rotatable bonds is 0. The zero-order chi connectivity index (χ0) is 6.85. The van der Waals surface area contributed by atoms with Gasteiger partial charge in [-0.1, -0.05) is 17.7 Å². The summed E-state index contributed by atoms with van der Waals surface area (Å²) in [4.78, 5) is 0. The van der Waals surface area contributed by atoms with Crippen LogP contribution in [0.3, 0.4) is 0 Å². The second-order valence-electron chi connectivity index (χ2n) is 2.14. The highest BCUT2D eigenvalue weighted by Crippen LogP contribution is 2.25. The molecule has 1 rings (SSSR count).